The normalized spacial score (nSPS) is 15.7. The van der Waals surface area contributed by atoms with Crippen LogP contribution in [0.5, 0.6) is 0 Å². The van der Waals surface area contributed by atoms with Gasteiger partial charge in [-0.3, -0.25) is 9.89 Å². The number of esters is 1. The van der Waals surface area contributed by atoms with Crippen LogP contribution in [-0.4, -0.2) is 16.2 Å². The van der Waals surface area contributed by atoms with Crippen LogP contribution >= 0.6 is 0 Å². The summed E-state index contributed by atoms with van der Waals surface area (Å²) in [6.45, 7) is -0.0308. The zero-order valence-corrected chi connectivity index (χ0v) is 13.9. The van der Waals surface area contributed by atoms with Crippen LogP contribution in [0.15, 0.2) is 42.6 Å². The van der Waals surface area contributed by atoms with E-state index < -0.39 is 28.9 Å². The number of benzene rings is 2. The van der Waals surface area contributed by atoms with E-state index in [2.05, 4.69) is 10.2 Å². The summed E-state index contributed by atoms with van der Waals surface area (Å²) in [6, 6.07) is 7.59. The van der Waals surface area contributed by atoms with Gasteiger partial charge in [0.25, 0.3) is 0 Å². The molecule has 0 bridgehead atoms. The molecule has 8 heteroatoms. The fourth-order valence-corrected chi connectivity index (χ4v) is 3.13. The van der Waals surface area contributed by atoms with Gasteiger partial charge in [-0.05, 0) is 48.2 Å². The number of hydrogen-bond donors (Lipinski definition) is 1. The number of nitrogens with one attached hydrogen (secondary N) is 1. The molecule has 0 saturated heterocycles. The Bertz CT molecular complexity index is 1020. The molecule has 1 N–H and O–H groups in total. The van der Waals surface area contributed by atoms with E-state index in [0.717, 1.165) is 23.0 Å². The minimum absolute atomic E-state index is 0.00356. The van der Waals surface area contributed by atoms with Crippen LogP contribution in [0, 0.1) is 5.82 Å². The van der Waals surface area contributed by atoms with Crippen LogP contribution in [0.1, 0.15) is 29.5 Å². The lowest BCUT2D eigenvalue weighted by Crippen LogP contribution is -2.24. The molecule has 1 fully saturated rings. The van der Waals surface area contributed by atoms with Crippen molar-refractivity contribution in [3.63, 3.8) is 0 Å². The molecule has 0 unspecified atom stereocenters. The molecule has 2 aromatic carbocycles. The predicted octanol–water partition coefficient (Wildman–Crippen LogP) is 4.50. The Morgan fingerprint density at radius 1 is 1.19 bits per heavy atom. The highest BCUT2D eigenvalue weighted by molar-refractivity contribution is 5.87. The lowest BCUT2D eigenvalue weighted by atomic mass is 9.94. The molecular formula is C19H14F4N2O2. The van der Waals surface area contributed by atoms with Crippen molar-refractivity contribution in [3.8, 4) is 0 Å². The highest BCUT2D eigenvalue weighted by Crippen LogP contribution is 2.50. The third-order valence-electron chi connectivity index (χ3n) is 4.79. The second-order valence-electron chi connectivity index (χ2n) is 6.68. The van der Waals surface area contributed by atoms with Gasteiger partial charge in [-0.25, -0.2) is 4.39 Å². The van der Waals surface area contributed by atoms with Crippen molar-refractivity contribution in [2.45, 2.75) is 31.0 Å². The zero-order chi connectivity index (χ0) is 19.2. The van der Waals surface area contributed by atoms with Gasteiger partial charge in [0.05, 0.1) is 22.7 Å². The molecule has 3 aromatic rings. The third-order valence-corrected chi connectivity index (χ3v) is 4.79. The summed E-state index contributed by atoms with van der Waals surface area (Å²) >= 11 is 0. The molecule has 140 valence electrons. The molecule has 0 radical (unpaired) electrons. The molecule has 0 aliphatic heterocycles. The van der Waals surface area contributed by atoms with Crippen molar-refractivity contribution in [2.75, 3.05) is 0 Å². The lowest BCUT2D eigenvalue weighted by Gasteiger charge is -2.17. The predicted molar refractivity (Wildman–Crippen MR) is 88.2 cm³/mol. The van der Waals surface area contributed by atoms with Gasteiger partial charge in [-0.1, -0.05) is 12.1 Å². The first kappa shape index (κ1) is 17.5. The minimum atomic E-state index is -4.68. The number of H-pyrrole nitrogens is 1. The second kappa shape index (κ2) is 6.07. The van der Waals surface area contributed by atoms with E-state index in [-0.39, 0.29) is 12.2 Å². The van der Waals surface area contributed by atoms with E-state index in [4.69, 9.17) is 4.74 Å². The number of carbonyl (C=O) groups excluding carboxylic acids is 1. The third kappa shape index (κ3) is 3.27. The highest BCUT2D eigenvalue weighted by Gasteiger charge is 2.53. The molecule has 1 aliphatic rings. The summed E-state index contributed by atoms with van der Waals surface area (Å²) < 4.78 is 57.8. The number of carbonyl (C=O) groups is 1. The molecule has 0 atom stereocenters. The van der Waals surface area contributed by atoms with Crippen molar-refractivity contribution < 1.29 is 27.1 Å². The monoisotopic (exact) mass is 378 g/mol. The first-order valence-corrected chi connectivity index (χ1v) is 8.25. The number of rotatable bonds is 4. The maximum absolute atomic E-state index is 13.7. The lowest BCUT2D eigenvalue weighted by molar-refractivity contribution is -0.148. The molecule has 27 heavy (non-hydrogen) atoms. The number of fused-ring (bicyclic) bond motifs is 1. The molecular weight excluding hydrogens is 364 g/mol. The van der Waals surface area contributed by atoms with E-state index in [1.165, 1.54) is 0 Å². The SMILES string of the molecule is O=C(OCc1ccc2cn[nH]c2c1)C1(c2cc(F)cc(C(F)(F)F)c2)CC1. The Hall–Kier alpha value is -2.90. The minimum Gasteiger partial charge on any atom is -0.460 e. The van der Waals surface area contributed by atoms with Gasteiger partial charge < -0.3 is 4.74 Å². The van der Waals surface area contributed by atoms with Crippen LogP contribution in [0.25, 0.3) is 10.9 Å². The number of halogens is 4. The van der Waals surface area contributed by atoms with Gasteiger partial charge in [0.15, 0.2) is 0 Å². The number of alkyl halides is 3. The molecule has 1 aliphatic carbocycles. The van der Waals surface area contributed by atoms with Gasteiger partial charge >= 0.3 is 12.1 Å². The van der Waals surface area contributed by atoms with E-state index in [0.29, 0.717) is 24.5 Å². The van der Waals surface area contributed by atoms with Crippen LogP contribution in [0.3, 0.4) is 0 Å². The van der Waals surface area contributed by atoms with Crippen LogP contribution in [0.4, 0.5) is 17.6 Å². The molecule has 0 spiro atoms. The van der Waals surface area contributed by atoms with Crippen molar-refractivity contribution in [1.29, 1.82) is 0 Å². The van der Waals surface area contributed by atoms with E-state index in [1.807, 2.05) is 6.07 Å². The average molecular weight is 378 g/mol. The topological polar surface area (TPSA) is 55.0 Å². The summed E-state index contributed by atoms with van der Waals surface area (Å²) in [5.41, 5.74) is -0.818. The largest absolute Gasteiger partial charge is 0.460 e. The standard InChI is InChI=1S/C19H14F4N2O2/c20-15-7-13(6-14(8-15)19(21,22)23)18(3-4-18)17(26)27-10-11-1-2-12-9-24-25-16(12)5-11/h1-2,5-9H,3-4,10H2,(H,24,25). The Morgan fingerprint density at radius 2 is 1.96 bits per heavy atom. The number of aromatic nitrogens is 2. The number of nitrogens with zero attached hydrogens (tertiary/aromatic N) is 1. The van der Waals surface area contributed by atoms with Gasteiger partial charge in [0.2, 0.25) is 0 Å². The van der Waals surface area contributed by atoms with Crippen LogP contribution in [0.2, 0.25) is 0 Å². The second-order valence-corrected chi connectivity index (χ2v) is 6.68. The molecule has 0 amide bonds. The van der Waals surface area contributed by atoms with Gasteiger partial charge in [-0.15, -0.1) is 0 Å². The quantitative estimate of drug-likeness (QED) is 0.537. The van der Waals surface area contributed by atoms with Crippen molar-refractivity contribution in [2.24, 2.45) is 0 Å². The van der Waals surface area contributed by atoms with E-state index in [1.54, 1.807) is 18.3 Å². The van der Waals surface area contributed by atoms with Crippen molar-refractivity contribution in [3.05, 3.63) is 65.1 Å². The van der Waals surface area contributed by atoms with E-state index in [9.17, 15) is 22.4 Å². The maximum Gasteiger partial charge on any atom is 0.416 e. The fourth-order valence-electron chi connectivity index (χ4n) is 3.13. The first-order valence-electron chi connectivity index (χ1n) is 8.25. The van der Waals surface area contributed by atoms with Crippen molar-refractivity contribution >= 4 is 16.9 Å². The van der Waals surface area contributed by atoms with Gasteiger partial charge in [0, 0.05) is 5.39 Å². The van der Waals surface area contributed by atoms with Crippen LogP contribution in [-0.2, 0) is 27.7 Å². The number of ether oxygens (including phenoxy) is 1. The summed E-state index contributed by atoms with van der Waals surface area (Å²) in [7, 11) is 0. The summed E-state index contributed by atoms with van der Waals surface area (Å²) in [5.74, 6) is -1.67. The Balaban J connectivity index is 1.54. The van der Waals surface area contributed by atoms with E-state index >= 15 is 0 Å². The zero-order valence-electron chi connectivity index (χ0n) is 13.9. The first-order chi connectivity index (χ1) is 12.8. The van der Waals surface area contributed by atoms with Crippen molar-refractivity contribution in [1.82, 2.24) is 10.2 Å². The fraction of sp³-hybridized carbons (Fsp3) is 0.263. The van der Waals surface area contributed by atoms with Crippen LogP contribution < -0.4 is 0 Å². The summed E-state index contributed by atoms with van der Waals surface area (Å²) in [6.07, 6.45) is -2.37. The Labute approximate surface area is 151 Å². The highest BCUT2D eigenvalue weighted by atomic mass is 19.4. The molecule has 1 heterocycles. The maximum atomic E-state index is 13.7. The number of hydrogen-bond acceptors (Lipinski definition) is 3. The average Bonchev–Trinajstić information content (AvgIpc) is 3.30. The summed E-state index contributed by atoms with van der Waals surface area (Å²) in [4.78, 5) is 12.5. The smallest absolute Gasteiger partial charge is 0.416 e. The van der Waals surface area contributed by atoms with Gasteiger partial charge in [-0.2, -0.15) is 18.3 Å². The molecule has 4 rings (SSSR count). The Kier molecular flexibility index (Phi) is 3.94. The number of aromatic amines is 1. The molecule has 4 nitrogen and oxygen atoms in total. The Morgan fingerprint density at radius 3 is 2.67 bits per heavy atom. The van der Waals surface area contributed by atoms with Gasteiger partial charge in [0.1, 0.15) is 12.4 Å². The molecule has 1 aromatic heterocycles. The molecule has 1 saturated carbocycles. The summed E-state index contributed by atoms with van der Waals surface area (Å²) in [5, 5.41) is 7.61.